The van der Waals surface area contributed by atoms with Crippen molar-refractivity contribution in [3.05, 3.63) is 122 Å². The van der Waals surface area contributed by atoms with Crippen LogP contribution in [0.5, 0.6) is 0 Å². The highest BCUT2D eigenvalue weighted by atomic mass is 16.6. The van der Waals surface area contributed by atoms with Gasteiger partial charge in [0.1, 0.15) is 13.2 Å². The van der Waals surface area contributed by atoms with Crippen LogP contribution in [0.3, 0.4) is 0 Å². The number of carbonyl (C=O) groups is 3. The van der Waals surface area contributed by atoms with Crippen LogP contribution in [0.2, 0.25) is 0 Å². The van der Waals surface area contributed by atoms with Crippen LogP contribution < -0.4 is 0 Å². The van der Waals surface area contributed by atoms with E-state index in [1.807, 2.05) is 0 Å². The lowest BCUT2D eigenvalue weighted by Gasteiger charge is -2.18. The quantitative estimate of drug-likeness (QED) is 0.0262. The molecule has 0 rings (SSSR count). The third-order valence-corrected chi connectivity index (χ3v) is 11.4. The van der Waals surface area contributed by atoms with Crippen molar-refractivity contribution in [2.45, 2.75) is 245 Å². The van der Waals surface area contributed by atoms with Crippen LogP contribution >= 0.6 is 0 Å². The first-order valence-corrected chi connectivity index (χ1v) is 28.0. The Labute approximate surface area is 424 Å². The van der Waals surface area contributed by atoms with E-state index < -0.39 is 6.10 Å². The molecule has 69 heavy (non-hydrogen) atoms. The summed E-state index contributed by atoms with van der Waals surface area (Å²) in [4.78, 5) is 38.1. The molecule has 0 amide bonds. The van der Waals surface area contributed by atoms with Crippen LogP contribution in [0.15, 0.2) is 122 Å². The lowest BCUT2D eigenvalue weighted by molar-refractivity contribution is -0.167. The summed E-state index contributed by atoms with van der Waals surface area (Å²) in [6.07, 6.45) is 77.6. The van der Waals surface area contributed by atoms with Gasteiger partial charge < -0.3 is 14.2 Å². The lowest BCUT2D eigenvalue weighted by Crippen LogP contribution is -2.30. The van der Waals surface area contributed by atoms with Crippen molar-refractivity contribution < 1.29 is 28.6 Å². The van der Waals surface area contributed by atoms with E-state index in [-0.39, 0.29) is 37.5 Å². The van der Waals surface area contributed by atoms with Gasteiger partial charge in [0.15, 0.2) is 6.10 Å². The van der Waals surface area contributed by atoms with Gasteiger partial charge in [0.2, 0.25) is 0 Å². The lowest BCUT2D eigenvalue weighted by atomic mass is 10.1. The van der Waals surface area contributed by atoms with Crippen molar-refractivity contribution in [2.75, 3.05) is 13.2 Å². The molecule has 390 valence electrons. The minimum Gasteiger partial charge on any atom is -0.462 e. The topological polar surface area (TPSA) is 78.9 Å². The van der Waals surface area contributed by atoms with Gasteiger partial charge in [-0.1, -0.05) is 213 Å². The van der Waals surface area contributed by atoms with E-state index in [0.717, 1.165) is 122 Å². The molecule has 0 aromatic rings. The number of allylic oxidation sites excluding steroid dienone is 20. The van der Waals surface area contributed by atoms with E-state index in [0.29, 0.717) is 19.3 Å². The number of unbranched alkanes of at least 4 members (excludes halogenated alkanes) is 18. The normalized spacial score (nSPS) is 13.0. The first kappa shape index (κ1) is 64.8. The Morgan fingerprint density at radius 2 is 0.565 bits per heavy atom. The summed E-state index contributed by atoms with van der Waals surface area (Å²) >= 11 is 0. The Morgan fingerprint density at radius 3 is 0.913 bits per heavy atom. The SMILES string of the molecule is CC/C=C\C/C=C\C/C=C\C/C=C\CCCCCCC(=O)OC[C@H](COC(=O)CCCCCCCCCCC/C=C\C/C=C\CCCCC)OC(=O)CCCC/C=C\C/C=C\C/C=C\C/C=C\CC. The molecule has 0 bridgehead atoms. The zero-order valence-electron chi connectivity index (χ0n) is 44.5. The molecule has 0 aliphatic heterocycles. The Kier molecular flexibility index (Phi) is 53.0. The maximum atomic E-state index is 12.8. The molecule has 0 aliphatic carbocycles. The van der Waals surface area contributed by atoms with Gasteiger partial charge in [-0.05, 0) is 128 Å². The molecule has 0 spiro atoms. The smallest absolute Gasteiger partial charge is 0.306 e. The largest absolute Gasteiger partial charge is 0.462 e. The maximum absolute atomic E-state index is 12.8. The molecule has 0 fully saturated rings. The highest BCUT2D eigenvalue weighted by Gasteiger charge is 2.19. The minimum absolute atomic E-state index is 0.108. The maximum Gasteiger partial charge on any atom is 0.306 e. The monoisotopic (exact) mass is 955 g/mol. The Balaban J connectivity index is 4.49. The zero-order chi connectivity index (χ0) is 50.0. The number of hydrogen-bond acceptors (Lipinski definition) is 6. The van der Waals surface area contributed by atoms with Crippen molar-refractivity contribution >= 4 is 17.9 Å². The standard InChI is InChI=1S/C63H102O6/c1-4-7-10-13-16-19-22-25-28-30-31-33-36-38-41-44-47-50-53-56-62(65)68-59-60(69-63(66)57-54-51-48-45-42-39-34-27-24-21-18-15-12-9-6-3)58-67-61(64)55-52-49-46-43-40-37-35-32-29-26-23-20-17-14-11-8-5-2/h8-9,11-12,16-21,25-29,34-35,37,42,45,60H,4-7,10,13-15,22-24,30-33,36,38-41,43-44,46-59H2,1-3H3/b11-8-,12-9-,19-16-,20-17-,21-18-,28-25-,29-26-,34-27-,37-35-,45-42-/t60-/m1/s1. The van der Waals surface area contributed by atoms with Crippen LogP contribution in [0.4, 0.5) is 0 Å². The van der Waals surface area contributed by atoms with Crippen LogP contribution in [-0.2, 0) is 28.6 Å². The first-order valence-electron chi connectivity index (χ1n) is 28.0. The molecule has 6 nitrogen and oxygen atoms in total. The Bertz CT molecular complexity index is 1470. The molecule has 0 aromatic carbocycles. The summed E-state index contributed by atoms with van der Waals surface area (Å²) in [6, 6.07) is 0. The van der Waals surface area contributed by atoms with Crippen LogP contribution in [0.25, 0.3) is 0 Å². The number of hydrogen-bond donors (Lipinski definition) is 0. The molecule has 0 radical (unpaired) electrons. The van der Waals surface area contributed by atoms with Gasteiger partial charge in [0, 0.05) is 19.3 Å². The third-order valence-electron chi connectivity index (χ3n) is 11.4. The number of rotatable bonds is 49. The van der Waals surface area contributed by atoms with E-state index in [9.17, 15) is 14.4 Å². The van der Waals surface area contributed by atoms with E-state index >= 15 is 0 Å². The van der Waals surface area contributed by atoms with E-state index in [2.05, 4.69) is 142 Å². The minimum atomic E-state index is -0.816. The average molecular weight is 956 g/mol. The molecule has 0 unspecified atom stereocenters. The van der Waals surface area contributed by atoms with Crippen molar-refractivity contribution in [3.63, 3.8) is 0 Å². The Morgan fingerprint density at radius 1 is 0.304 bits per heavy atom. The summed E-state index contributed by atoms with van der Waals surface area (Å²) in [7, 11) is 0. The predicted molar refractivity (Wildman–Crippen MR) is 297 cm³/mol. The molecule has 1 atom stereocenters. The predicted octanol–water partition coefficient (Wildman–Crippen LogP) is 18.9. The van der Waals surface area contributed by atoms with Crippen molar-refractivity contribution in [1.82, 2.24) is 0 Å². The van der Waals surface area contributed by atoms with Gasteiger partial charge in [0.25, 0.3) is 0 Å². The van der Waals surface area contributed by atoms with E-state index in [4.69, 9.17) is 14.2 Å². The molecule has 0 aliphatic rings. The van der Waals surface area contributed by atoms with Crippen LogP contribution in [0, 0.1) is 0 Å². The van der Waals surface area contributed by atoms with Gasteiger partial charge in [-0.25, -0.2) is 0 Å². The number of ether oxygens (including phenoxy) is 3. The molecule has 0 saturated carbocycles. The van der Waals surface area contributed by atoms with Gasteiger partial charge >= 0.3 is 17.9 Å². The summed E-state index contributed by atoms with van der Waals surface area (Å²) in [5.74, 6) is -0.982. The second kappa shape index (κ2) is 56.4. The van der Waals surface area contributed by atoms with Gasteiger partial charge in [-0.3, -0.25) is 14.4 Å². The molecule has 6 heteroatoms. The van der Waals surface area contributed by atoms with Crippen molar-refractivity contribution in [2.24, 2.45) is 0 Å². The van der Waals surface area contributed by atoms with Crippen LogP contribution in [-0.4, -0.2) is 37.2 Å². The second-order valence-corrected chi connectivity index (χ2v) is 18.1. The summed E-state index contributed by atoms with van der Waals surface area (Å²) in [5.41, 5.74) is 0. The average Bonchev–Trinajstić information content (AvgIpc) is 3.35. The molecule has 0 N–H and O–H groups in total. The van der Waals surface area contributed by atoms with Crippen molar-refractivity contribution in [1.29, 1.82) is 0 Å². The number of esters is 3. The highest BCUT2D eigenvalue weighted by molar-refractivity contribution is 5.71. The highest BCUT2D eigenvalue weighted by Crippen LogP contribution is 2.14. The Hall–Kier alpha value is -4.19. The van der Waals surface area contributed by atoms with Crippen LogP contribution in [0.1, 0.15) is 239 Å². The summed E-state index contributed by atoms with van der Waals surface area (Å²) in [6.45, 7) is 6.32. The fraction of sp³-hybridized carbons (Fsp3) is 0.635. The van der Waals surface area contributed by atoms with E-state index in [1.54, 1.807) is 0 Å². The number of carbonyl (C=O) groups excluding carboxylic acids is 3. The van der Waals surface area contributed by atoms with E-state index in [1.165, 1.54) is 70.6 Å². The summed E-state index contributed by atoms with van der Waals surface area (Å²) in [5, 5.41) is 0. The van der Waals surface area contributed by atoms with Gasteiger partial charge in [-0.2, -0.15) is 0 Å². The van der Waals surface area contributed by atoms with Crippen molar-refractivity contribution in [3.8, 4) is 0 Å². The molecule has 0 aromatic heterocycles. The first-order chi connectivity index (χ1) is 34.0. The fourth-order valence-electron chi connectivity index (χ4n) is 7.28. The molecular formula is C63H102O6. The van der Waals surface area contributed by atoms with Gasteiger partial charge in [-0.15, -0.1) is 0 Å². The third kappa shape index (κ3) is 54.6. The second-order valence-electron chi connectivity index (χ2n) is 18.1. The summed E-state index contributed by atoms with van der Waals surface area (Å²) < 4.78 is 16.8. The van der Waals surface area contributed by atoms with Gasteiger partial charge in [0.05, 0.1) is 0 Å². The molecule has 0 saturated heterocycles. The molecular weight excluding hydrogens is 853 g/mol. The molecule has 0 heterocycles. The fourth-order valence-corrected chi connectivity index (χ4v) is 7.28. The zero-order valence-corrected chi connectivity index (χ0v) is 44.5.